The molecule has 5 aliphatic heterocycles. The molecule has 386 valence electrons. The molecule has 0 atom stereocenters. The van der Waals surface area contributed by atoms with Crippen LogP contribution in [0.5, 0.6) is 0 Å². The number of halogens is 7. The molecule has 0 aliphatic carbocycles. The van der Waals surface area contributed by atoms with Crippen molar-refractivity contribution in [3.63, 3.8) is 0 Å². The monoisotopic (exact) mass is 1070 g/mol. The van der Waals surface area contributed by atoms with Crippen LogP contribution in [0.1, 0.15) is 103 Å². The number of piperidine rings is 4. The van der Waals surface area contributed by atoms with E-state index >= 15 is 0 Å². The Hall–Kier alpha value is -4.90. The second-order valence-electron chi connectivity index (χ2n) is 20.1. The van der Waals surface area contributed by atoms with Crippen molar-refractivity contribution in [3.05, 3.63) is 76.8 Å². The summed E-state index contributed by atoms with van der Waals surface area (Å²) < 4.78 is 101. The van der Waals surface area contributed by atoms with Crippen LogP contribution in [-0.2, 0) is 21.7 Å². The maximum Gasteiger partial charge on any atom is 0.514 e. The quantitative estimate of drug-likeness (QED) is 0.116. The second-order valence-corrected chi connectivity index (χ2v) is 21.0. The summed E-state index contributed by atoms with van der Waals surface area (Å²) in [7, 11) is -0.882. The van der Waals surface area contributed by atoms with Gasteiger partial charge in [-0.25, -0.2) is 15.0 Å². The first kappa shape index (κ1) is 52.0. The molecule has 72 heavy (non-hydrogen) atoms. The van der Waals surface area contributed by atoms with Crippen molar-refractivity contribution < 1.29 is 44.5 Å². The first-order chi connectivity index (χ1) is 34.3. The van der Waals surface area contributed by atoms with Crippen LogP contribution in [0.25, 0.3) is 33.7 Å². The van der Waals surface area contributed by atoms with E-state index in [2.05, 4.69) is 65.4 Å². The van der Waals surface area contributed by atoms with E-state index in [9.17, 15) is 26.3 Å². The van der Waals surface area contributed by atoms with Crippen molar-refractivity contribution in [2.24, 2.45) is 0 Å². The average Bonchev–Trinajstić information content (AvgIpc) is 4.07. The van der Waals surface area contributed by atoms with Crippen LogP contribution in [0, 0.1) is 0 Å². The fraction of sp³-hybridized carbons (Fsp3) is 0.560. The minimum atomic E-state index is -4.49. The van der Waals surface area contributed by atoms with Gasteiger partial charge in [-0.05, 0) is 152 Å². The van der Waals surface area contributed by atoms with Gasteiger partial charge >= 0.3 is 19.5 Å². The lowest BCUT2D eigenvalue weighted by Gasteiger charge is -2.39. The van der Waals surface area contributed by atoms with Crippen molar-refractivity contribution in [2.75, 3.05) is 62.2 Å². The third-order valence-electron chi connectivity index (χ3n) is 14.6. The molecule has 0 N–H and O–H groups in total. The number of oxazole rings is 2. The van der Waals surface area contributed by atoms with Crippen LogP contribution >= 0.6 is 15.9 Å². The molecule has 5 fully saturated rings. The minimum Gasteiger partial charge on any atom is -0.422 e. The highest BCUT2D eigenvalue weighted by Gasteiger charge is 2.52. The molecule has 0 bridgehead atoms. The van der Waals surface area contributed by atoms with Crippen molar-refractivity contribution in [1.29, 1.82) is 0 Å². The van der Waals surface area contributed by atoms with Gasteiger partial charge in [0.2, 0.25) is 11.3 Å². The molecule has 0 radical (unpaired) electrons. The number of alkyl halides is 6. The van der Waals surface area contributed by atoms with E-state index in [4.69, 9.17) is 18.1 Å². The van der Waals surface area contributed by atoms with E-state index in [1.54, 1.807) is 12.3 Å². The molecular formula is C50H60BBrF6N10O4. The highest BCUT2D eigenvalue weighted by atomic mass is 79.9. The van der Waals surface area contributed by atoms with Gasteiger partial charge in [-0.2, -0.15) is 36.3 Å². The summed E-state index contributed by atoms with van der Waals surface area (Å²) in [5, 5.41) is 0. The number of nitrogens with zero attached hydrogens (tertiary/aromatic N) is 10. The predicted molar refractivity (Wildman–Crippen MR) is 266 cm³/mol. The zero-order chi connectivity index (χ0) is 50.8. The molecule has 14 nitrogen and oxygen atoms in total. The first-order valence-electron chi connectivity index (χ1n) is 24.9. The number of likely N-dealkylation sites (tertiary alicyclic amines) is 2. The van der Waals surface area contributed by atoms with Gasteiger partial charge in [0.05, 0.1) is 22.5 Å². The topological polar surface area (TPSA) is 135 Å². The van der Waals surface area contributed by atoms with E-state index in [0.717, 1.165) is 73.3 Å². The average molecular weight is 1070 g/mol. The lowest BCUT2D eigenvalue weighted by Crippen LogP contribution is -2.46. The number of hydrogen-bond donors (Lipinski definition) is 0. The first-order valence-corrected chi connectivity index (χ1v) is 25.7. The molecule has 5 aliphatic rings. The summed E-state index contributed by atoms with van der Waals surface area (Å²) in [6, 6.07) is 13.7. The summed E-state index contributed by atoms with van der Waals surface area (Å²) in [5.41, 5.74) is 0.0524. The maximum absolute atomic E-state index is 13.0. The van der Waals surface area contributed by atoms with Gasteiger partial charge in [0.15, 0.2) is 11.2 Å². The molecule has 6 aromatic heterocycles. The fourth-order valence-corrected chi connectivity index (χ4v) is 10.2. The molecule has 0 aromatic carbocycles. The van der Waals surface area contributed by atoms with Crippen molar-refractivity contribution in [1.82, 2.24) is 39.7 Å². The van der Waals surface area contributed by atoms with E-state index < -0.39 is 42.1 Å². The summed E-state index contributed by atoms with van der Waals surface area (Å²) in [6.07, 6.45) is 6.90. The molecule has 11 rings (SSSR count). The molecule has 0 spiro atoms. The SMILES string of the molecule is Brc1cnc2nc(N3CCC(N4CCCCC4)CC3)oc2c1.CC1(C)OB(c2cccc(C(F)(F)F)n2)OC1(C)C.FC(F)(F)c1cccc(-c2cnc3nc(N4CCC(N5CCCCC5)CC4)oc3c2)n1. The van der Waals surface area contributed by atoms with Gasteiger partial charge in [-0.3, -0.25) is 4.98 Å². The molecule has 11 heterocycles. The molecule has 0 unspecified atom stereocenters. The lowest BCUT2D eigenvalue weighted by molar-refractivity contribution is -0.141. The summed E-state index contributed by atoms with van der Waals surface area (Å²) in [4.78, 5) is 34.6. The van der Waals surface area contributed by atoms with Crippen LogP contribution in [0.15, 0.2) is 74.2 Å². The number of pyridine rings is 4. The van der Waals surface area contributed by atoms with Gasteiger partial charge < -0.3 is 37.7 Å². The smallest absolute Gasteiger partial charge is 0.422 e. The van der Waals surface area contributed by atoms with Crippen LogP contribution in [0.2, 0.25) is 0 Å². The predicted octanol–water partition coefficient (Wildman–Crippen LogP) is 10.6. The molecule has 0 amide bonds. The van der Waals surface area contributed by atoms with Crippen LogP contribution < -0.4 is 15.4 Å². The minimum absolute atomic E-state index is 0.133. The Morgan fingerprint density at radius 2 is 1.03 bits per heavy atom. The van der Waals surface area contributed by atoms with E-state index in [-0.39, 0.29) is 11.3 Å². The number of fused-ring (bicyclic) bond motifs is 2. The molecule has 6 aromatic rings. The Kier molecular flexibility index (Phi) is 15.5. The highest BCUT2D eigenvalue weighted by molar-refractivity contribution is 9.10. The van der Waals surface area contributed by atoms with Gasteiger partial charge in [0.1, 0.15) is 11.4 Å². The van der Waals surface area contributed by atoms with Gasteiger partial charge in [-0.1, -0.05) is 25.0 Å². The molecular weight excluding hydrogens is 1010 g/mol. The Bertz CT molecular complexity index is 2750. The lowest BCUT2D eigenvalue weighted by atomic mass is 9.84. The van der Waals surface area contributed by atoms with Crippen molar-refractivity contribution in [2.45, 2.75) is 128 Å². The zero-order valence-corrected chi connectivity index (χ0v) is 42.6. The van der Waals surface area contributed by atoms with Crippen LogP contribution in [0.3, 0.4) is 0 Å². The Labute approximate surface area is 423 Å². The summed E-state index contributed by atoms with van der Waals surface area (Å²) in [5.74, 6) is 0. The summed E-state index contributed by atoms with van der Waals surface area (Å²) in [6.45, 7) is 16.1. The number of aromatic nitrogens is 6. The van der Waals surface area contributed by atoms with Gasteiger partial charge in [0, 0.05) is 66.8 Å². The fourth-order valence-electron chi connectivity index (χ4n) is 9.87. The zero-order valence-electron chi connectivity index (χ0n) is 41.0. The maximum atomic E-state index is 13.0. The number of hydrogen-bond acceptors (Lipinski definition) is 14. The number of rotatable bonds is 6. The second kappa shape index (κ2) is 21.5. The Morgan fingerprint density at radius 1 is 0.569 bits per heavy atom. The van der Waals surface area contributed by atoms with Crippen molar-refractivity contribution in [3.8, 4) is 11.3 Å². The molecule has 22 heteroatoms. The Morgan fingerprint density at radius 3 is 1.53 bits per heavy atom. The normalized spacial score (nSPS) is 20.6. The standard InChI is InChI=1S/C22H24F3N5O.C16H21BrN4O.C12H15BF3NO2/c23-22(24,25)19-6-4-5-17(27-19)15-13-18-20(26-14-15)28-21(31-18)30-11-7-16(8-12-30)29-9-2-1-3-10-29;17-12-10-14-15(18-11-12)19-16(22-14)21-8-4-13(5-9-21)20-6-2-1-3-7-20;1-10(2)11(3,4)19-13(18-10)9-7-5-6-8(17-9)12(14,15)16/h4-6,13-14,16H,1-3,7-12H2;10-11,13H,1-9H2;5-7H,1-4H3. The summed E-state index contributed by atoms with van der Waals surface area (Å²) >= 11 is 3.42. The van der Waals surface area contributed by atoms with Crippen LogP contribution in [-0.4, -0.2) is 122 Å². The third-order valence-corrected chi connectivity index (χ3v) is 15.0. The van der Waals surface area contributed by atoms with E-state index in [1.165, 1.54) is 108 Å². The van der Waals surface area contributed by atoms with Crippen molar-refractivity contribution >= 4 is 63.1 Å². The molecule has 0 saturated carbocycles. The van der Waals surface area contributed by atoms with E-state index in [0.29, 0.717) is 34.5 Å². The number of anilines is 2. The highest BCUT2D eigenvalue weighted by Crippen LogP contribution is 2.37. The largest absolute Gasteiger partial charge is 0.514 e. The third kappa shape index (κ3) is 12.2. The van der Waals surface area contributed by atoms with E-state index in [1.807, 2.05) is 33.8 Å². The van der Waals surface area contributed by atoms with Gasteiger partial charge in [-0.15, -0.1) is 0 Å². The van der Waals surface area contributed by atoms with Crippen LogP contribution in [0.4, 0.5) is 38.4 Å². The molecule has 5 saturated heterocycles. The Balaban J connectivity index is 0.000000138. The van der Waals surface area contributed by atoms with Gasteiger partial charge in [0.25, 0.3) is 12.0 Å².